The van der Waals surface area contributed by atoms with Gasteiger partial charge in [-0.05, 0) is 43.5 Å². The lowest BCUT2D eigenvalue weighted by Gasteiger charge is -2.08. The minimum atomic E-state index is 0.645. The van der Waals surface area contributed by atoms with Crippen LogP contribution in [0.25, 0.3) is 5.65 Å². The van der Waals surface area contributed by atoms with Crippen molar-refractivity contribution in [1.82, 2.24) is 19.9 Å². The molecule has 0 saturated carbocycles. The van der Waals surface area contributed by atoms with Crippen molar-refractivity contribution in [3.63, 3.8) is 0 Å². The number of aryl methyl sites for hydroxylation is 1. The molecule has 2 aromatic heterocycles. The second-order valence-corrected chi connectivity index (χ2v) is 4.13. The first-order valence-electron chi connectivity index (χ1n) is 5.36. The van der Waals surface area contributed by atoms with Crippen molar-refractivity contribution in [3.05, 3.63) is 29.7 Å². The average molecular weight is 202 g/mol. The van der Waals surface area contributed by atoms with Crippen LogP contribution in [0.5, 0.6) is 0 Å². The van der Waals surface area contributed by atoms with Gasteiger partial charge in [-0.1, -0.05) is 0 Å². The van der Waals surface area contributed by atoms with E-state index in [1.54, 1.807) is 0 Å². The maximum Gasteiger partial charge on any atom is 0.161 e. The van der Waals surface area contributed by atoms with Crippen molar-refractivity contribution in [2.24, 2.45) is 0 Å². The number of hydrogen-bond acceptors (Lipinski definition) is 3. The Morgan fingerprint density at radius 1 is 1.47 bits per heavy atom. The van der Waals surface area contributed by atoms with Crippen LogP contribution in [-0.2, 0) is 0 Å². The van der Waals surface area contributed by atoms with Crippen LogP contribution in [0.15, 0.2) is 18.3 Å². The van der Waals surface area contributed by atoms with Crippen molar-refractivity contribution in [3.8, 4) is 0 Å². The number of hydrogen-bond donors (Lipinski definition) is 1. The van der Waals surface area contributed by atoms with Gasteiger partial charge in [-0.15, -0.1) is 10.2 Å². The molecule has 1 atom stereocenters. The van der Waals surface area contributed by atoms with Gasteiger partial charge in [0.15, 0.2) is 5.65 Å². The van der Waals surface area contributed by atoms with Gasteiger partial charge in [0.1, 0.15) is 5.82 Å². The van der Waals surface area contributed by atoms with Crippen LogP contribution in [-0.4, -0.2) is 27.7 Å². The summed E-state index contributed by atoms with van der Waals surface area (Å²) >= 11 is 0. The molecule has 78 valence electrons. The van der Waals surface area contributed by atoms with Crippen LogP contribution in [0.3, 0.4) is 0 Å². The lowest BCUT2D eigenvalue weighted by molar-refractivity contribution is 0.761. The first-order valence-corrected chi connectivity index (χ1v) is 5.36. The van der Waals surface area contributed by atoms with Gasteiger partial charge >= 0.3 is 0 Å². The summed E-state index contributed by atoms with van der Waals surface area (Å²) in [6.07, 6.45) is 3.29. The highest BCUT2D eigenvalue weighted by Gasteiger charge is 2.17. The van der Waals surface area contributed by atoms with Gasteiger partial charge in [0.2, 0.25) is 0 Å². The number of aromatic nitrogens is 3. The van der Waals surface area contributed by atoms with E-state index in [-0.39, 0.29) is 0 Å². The molecule has 3 rings (SSSR count). The molecular formula is C11H14N4. The Bertz CT molecular complexity index is 482. The van der Waals surface area contributed by atoms with Gasteiger partial charge < -0.3 is 5.32 Å². The Morgan fingerprint density at radius 2 is 2.40 bits per heavy atom. The zero-order valence-electron chi connectivity index (χ0n) is 8.77. The number of rotatable bonds is 1. The van der Waals surface area contributed by atoms with Gasteiger partial charge in [-0.2, -0.15) is 0 Å². The molecule has 2 aromatic rings. The fourth-order valence-electron chi connectivity index (χ4n) is 2.22. The summed E-state index contributed by atoms with van der Waals surface area (Å²) in [5, 5.41) is 11.6. The molecule has 0 aliphatic carbocycles. The molecule has 0 radical (unpaired) electrons. The Kier molecular flexibility index (Phi) is 1.95. The van der Waals surface area contributed by atoms with E-state index in [1.807, 2.05) is 11.3 Å². The third kappa shape index (κ3) is 1.41. The van der Waals surface area contributed by atoms with Crippen LogP contribution >= 0.6 is 0 Å². The molecule has 1 aliphatic rings. The zero-order chi connectivity index (χ0) is 10.3. The van der Waals surface area contributed by atoms with E-state index in [0.29, 0.717) is 5.92 Å². The number of nitrogens with zero attached hydrogens (tertiary/aromatic N) is 3. The third-order valence-corrected chi connectivity index (χ3v) is 3.14. The molecule has 0 bridgehead atoms. The molecule has 4 nitrogen and oxygen atoms in total. The van der Waals surface area contributed by atoms with E-state index in [1.165, 1.54) is 12.0 Å². The van der Waals surface area contributed by atoms with Gasteiger partial charge in [-0.3, -0.25) is 4.40 Å². The minimum absolute atomic E-state index is 0.645. The molecule has 4 heteroatoms. The molecule has 1 N–H and O–H groups in total. The summed E-state index contributed by atoms with van der Waals surface area (Å²) < 4.78 is 2.02. The van der Waals surface area contributed by atoms with Crippen LogP contribution in [0.2, 0.25) is 0 Å². The van der Waals surface area contributed by atoms with E-state index in [4.69, 9.17) is 0 Å². The second kappa shape index (κ2) is 3.31. The molecule has 0 spiro atoms. The summed E-state index contributed by atoms with van der Waals surface area (Å²) in [4.78, 5) is 0. The number of fused-ring (bicyclic) bond motifs is 1. The molecular weight excluding hydrogens is 188 g/mol. The van der Waals surface area contributed by atoms with E-state index >= 15 is 0 Å². The average Bonchev–Trinajstić information content (AvgIpc) is 2.88. The Balaban J connectivity index is 2.05. The maximum absolute atomic E-state index is 4.14. The maximum atomic E-state index is 4.14. The smallest absolute Gasteiger partial charge is 0.161 e. The van der Waals surface area contributed by atoms with Crippen LogP contribution in [0.1, 0.15) is 23.7 Å². The van der Waals surface area contributed by atoms with E-state index in [2.05, 4.69) is 33.8 Å². The lowest BCUT2D eigenvalue weighted by atomic mass is 10.00. The minimum Gasteiger partial charge on any atom is -0.316 e. The van der Waals surface area contributed by atoms with Gasteiger partial charge in [0, 0.05) is 12.7 Å². The second-order valence-electron chi connectivity index (χ2n) is 4.13. The number of nitrogens with one attached hydrogen (secondary N) is 1. The number of pyridine rings is 1. The largest absolute Gasteiger partial charge is 0.316 e. The highest BCUT2D eigenvalue weighted by Crippen LogP contribution is 2.22. The predicted molar refractivity (Wildman–Crippen MR) is 58.0 cm³/mol. The van der Waals surface area contributed by atoms with Crippen molar-refractivity contribution < 1.29 is 0 Å². The fraction of sp³-hybridized carbons (Fsp3) is 0.455. The van der Waals surface area contributed by atoms with E-state index in [9.17, 15) is 0 Å². The molecule has 1 unspecified atom stereocenters. The van der Waals surface area contributed by atoms with E-state index in [0.717, 1.165) is 24.6 Å². The van der Waals surface area contributed by atoms with Crippen LogP contribution in [0, 0.1) is 6.92 Å². The van der Waals surface area contributed by atoms with Crippen molar-refractivity contribution in [2.45, 2.75) is 19.3 Å². The fourth-order valence-corrected chi connectivity index (χ4v) is 2.22. The molecule has 15 heavy (non-hydrogen) atoms. The lowest BCUT2D eigenvalue weighted by Crippen LogP contribution is -2.08. The van der Waals surface area contributed by atoms with Gasteiger partial charge in [0.05, 0.1) is 0 Å². The highest BCUT2D eigenvalue weighted by atomic mass is 15.2. The summed E-state index contributed by atoms with van der Waals surface area (Å²) in [6, 6.07) is 4.33. The molecule has 3 heterocycles. The van der Waals surface area contributed by atoms with Gasteiger partial charge in [-0.25, -0.2) is 0 Å². The standard InChI is InChI=1S/C11H14N4/c1-8-13-14-11-6-9(3-5-15(8)11)10-2-4-12-7-10/h3,5-6,10,12H,2,4,7H2,1H3. The summed E-state index contributed by atoms with van der Waals surface area (Å²) in [5.74, 6) is 1.59. The Hall–Kier alpha value is -1.42. The first-order chi connectivity index (χ1) is 7.34. The summed E-state index contributed by atoms with van der Waals surface area (Å²) in [6.45, 7) is 4.18. The molecule has 0 amide bonds. The van der Waals surface area contributed by atoms with Crippen LogP contribution in [0.4, 0.5) is 0 Å². The monoisotopic (exact) mass is 202 g/mol. The van der Waals surface area contributed by atoms with Gasteiger partial charge in [0.25, 0.3) is 0 Å². The quantitative estimate of drug-likeness (QED) is 0.753. The summed E-state index contributed by atoms with van der Waals surface area (Å²) in [5.41, 5.74) is 2.33. The highest BCUT2D eigenvalue weighted by molar-refractivity contribution is 5.42. The molecule has 0 aromatic carbocycles. The molecule has 1 saturated heterocycles. The van der Waals surface area contributed by atoms with E-state index < -0.39 is 0 Å². The van der Waals surface area contributed by atoms with Crippen molar-refractivity contribution in [2.75, 3.05) is 13.1 Å². The predicted octanol–water partition coefficient (Wildman–Crippen LogP) is 1.11. The Labute approximate surface area is 88.3 Å². The SMILES string of the molecule is Cc1nnc2cc(C3CCNC3)ccn12. The van der Waals surface area contributed by atoms with Crippen LogP contribution < -0.4 is 5.32 Å². The van der Waals surface area contributed by atoms with Crippen molar-refractivity contribution >= 4 is 5.65 Å². The summed E-state index contributed by atoms with van der Waals surface area (Å²) in [7, 11) is 0. The Morgan fingerprint density at radius 3 is 3.20 bits per heavy atom. The topological polar surface area (TPSA) is 42.2 Å². The molecule has 1 aliphatic heterocycles. The zero-order valence-corrected chi connectivity index (χ0v) is 8.77. The van der Waals surface area contributed by atoms with Crippen molar-refractivity contribution in [1.29, 1.82) is 0 Å². The molecule has 1 fully saturated rings. The first kappa shape index (κ1) is 8.85. The normalized spacial score (nSPS) is 21.3. The third-order valence-electron chi connectivity index (χ3n) is 3.14.